The average Bonchev–Trinajstić information content (AvgIpc) is 4.30. The molecule has 4 aromatic rings. The van der Waals surface area contributed by atoms with Crippen LogP contribution in [0.4, 0.5) is 0 Å². The minimum atomic E-state index is -0.276. The molecule has 0 amide bonds. The van der Waals surface area contributed by atoms with Crippen LogP contribution >= 0.6 is 0 Å². The zero-order chi connectivity index (χ0) is 48.6. The van der Waals surface area contributed by atoms with Gasteiger partial charge < -0.3 is 56.8 Å². The van der Waals surface area contributed by atoms with E-state index in [1.807, 2.05) is 0 Å². The summed E-state index contributed by atoms with van der Waals surface area (Å²) in [6, 6.07) is 34.1. The van der Waals surface area contributed by atoms with Gasteiger partial charge in [-0.2, -0.15) is 0 Å². The van der Waals surface area contributed by atoms with Gasteiger partial charge in [0, 0.05) is 48.7 Å². The first-order valence-electron chi connectivity index (χ1n) is 27.3. The quantitative estimate of drug-likeness (QED) is 0.0505. The predicted octanol–water partition coefficient (Wildman–Crippen LogP) is 10.3. The minimum Gasteiger partial charge on any atom is -0.381 e. The van der Waals surface area contributed by atoms with Crippen LogP contribution in [0, 0.1) is 35.5 Å². The van der Waals surface area contributed by atoms with Crippen LogP contribution in [0.15, 0.2) is 97.1 Å². The van der Waals surface area contributed by atoms with Crippen LogP contribution in [0.5, 0.6) is 0 Å². The predicted molar refractivity (Wildman–Crippen MR) is 271 cm³/mol. The van der Waals surface area contributed by atoms with Crippen LogP contribution in [0.25, 0.3) is 0 Å². The first-order valence-corrected chi connectivity index (χ1v) is 27.3. The summed E-state index contributed by atoms with van der Waals surface area (Å²) in [4.78, 5) is 0. The molecule has 72 heavy (non-hydrogen) atoms. The van der Waals surface area contributed by atoms with Crippen molar-refractivity contribution in [3.8, 4) is 0 Å². The van der Waals surface area contributed by atoms with Crippen molar-refractivity contribution in [2.75, 3.05) is 106 Å². The second-order valence-electron chi connectivity index (χ2n) is 20.4. The largest absolute Gasteiger partial charge is 0.381 e. The van der Waals surface area contributed by atoms with E-state index < -0.39 is 0 Å². The molecule has 4 aliphatic heterocycles. The van der Waals surface area contributed by atoms with E-state index in [9.17, 15) is 0 Å². The molecule has 6 atom stereocenters. The molecule has 4 aromatic carbocycles. The topological polar surface area (TPSA) is 111 Å². The van der Waals surface area contributed by atoms with Crippen molar-refractivity contribution in [2.45, 2.75) is 89.4 Å². The Labute approximate surface area is 427 Å². The van der Waals surface area contributed by atoms with E-state index in [1.54, 1.807) is 0 Å². The van der Waals surface area contributed by atoms with Crippen LogP contribution < -0.4 is 0 Å². The van der Waals surface area contributed by atoms with Gasteiger partial charge in [0.2, 0.25) is 0 Å². The van der Waals surface area contributed by atoms with Crippen LogP contribution in [-0.2, 0) is 82.5 Å². The van der Waals surface area contributed by atoms with Crippen LogP contribution in [0.1, 0.15) is 108 Å². The molecule has 12 heteroatoms. The van der Waals surface area contributed by atoms with Gasteiger partial charge in [0.1, 0.15) is 0 Å². The Balaban J connectivity index is 0.800. The summed E-state index contributed by atoms with van der Waals surface area (Å²) in [7, 11) is 0. The van der Waals surface area contributed by atoms with Gasteiger partial charge in [-0.05, 0) is 122 Å². The van der Waals surface area contributed by atoms with Gasteiger partial charge in [0.25, 0.3) is 0 Å². The fourth-order valence-electron chi connectivity index (χ4n) is 12.6. The molecule has 3 aliphatic carbocycles. The Bertz CT molecular complexity index is 1910. The summed E-state index contributed by atoms with van der Waals surface area (Å²) in [5.41, 5.74) is 9.62. The molecule has 7 aliphatic rings. The van der Waals surface area contributed by atoms with E-state index in [0.717, 1.165) is 100 Å². The number of aryl methyl sites for hydroxylation is 4. The molecular formula is C60H78O12. The van der Waals surface area contributed by atoms with Gasteiger partial charge in [-0.25, -0.2) is 0 Å². The van der Waals surface area contributed by atoms with E-state index in [1.165, 1.54) is 35.1 Å². The molecule has 0 spiro atoms. The Morgan fingerprint density at radius 3 is 0.764 bits per heavy atom. The summed E-state index contributed by atoms with van der Waals surface area (Å²) in [6.45, 7) is 10.8. The lowest BCUT2D eigenvalue weighted by Gasteiger charge is -2.57. The van der Waals surface area contributed by atoms with Crippen molar-refractivity contribution in [3.05, 3.63) is 142 Å². The lowest BCUT2D eigenvalue weighted by Crippen LogP contribution is -2.56. The molecular weight excluding hydrogens is 913 g/mol. The average molecular weight is 991 g/mol. The maximum absolute atomic E-state index is 6.77. The normalized spacial score (nSPS) is 25.1. The van der Waals surface area contributed by atoms with Gasteiger partial charge in [-0.15, -0.1) is 0 Å². The zero-order valence-corrected chi connectivity index (χ0v) is 42.3. The number of ether oxygens (including phenoxy) is 12. The second-order valence-corrected chi connectivity index (χ2v) is 20.4. The zero-order valence-electron chi connectivity index (χ0n) is 42.3. The van der Waals surface area contributed by atoms with Gasteiger partial charge in [-0.3, -0.25) is 0 Å². The number of benzene rings is 4. The minimum absolute atomic E-state index is 0.276. The summed E-state index contributed by atoms with van der Waals surface area (Å²) in [6.07, 6.45) is 8.63. The van der Waals surface area contributed by atoms with Crippen LogP contribution in [-0.4, -0.2) is 106 Å². The smallest absolute Gasteiger partial charge is 0.184 e. The van der Waals surface area contributed by atoms with E-state index in [4.69, 9.17) is 56.8 Å². The summed E-state index contributed by atoms with van der Waals surface area (Å²) >= 11 is 0. The Kier molecular flexibility index (Phi) is 19.6. The molecule has 390 valence electrons. The monoisotopic (exact) mass is 991 g/mol. The van der Waals surface area contributed by atoms with E-state index in [-0.39, 0.29) is 25.2 Å². The molecule has 3 saturated carbocycles. The third kappa shape index (κ3) is 13.4. The molecule has 12 nitrogen and oxygen atoms in total. The molecule has 4 saturated heterocycles. The lowest BCUT2D eigenvalue weighted by molar-refractivity contribution is -0.156. The number of rotatable bonds is 28. The summed E-state index contributed by atoms with van der Waals surface area (Å²) < 4.78 is 74.2. The number of fused-ring (bicyclic) bond motifs is 3. The highest BCUT2D eigenvalue weighted by Crippen LogP contribution is 2.55. The molecule has 7 fully saturated rings. The molecule has 0 aromatic heterocycles. The van der Waals surface area contributed by atoms with Crippen LogP contribution in [0.2, 0.25) is 0 Å². The maximum atomic E-state index is 6.77. The van der Waals surface area contributed by atoms with E-state index in [0.29, 0.717) is 115 Å². The summed E-state index contributed by atoms with van der Waals surface area (Å²) in [5.74, 6) is 2.37. The molecule has 0 N–H and O–H groups in total. The van der Waals surface area contributed by atoms with E-state index in [2.05, 4.69) is 97.1 Å². The third-order valence-corrected chi connectivity index (χ3v) is 16.0. The Morgan fingerprint density at radius 1 is 0.306 bits per heavy atom. The van der Waals surface area contributed by atoms with Gasteiger partial charge in [0.15, 0.2) is 25.2 Å². The molecule has 2 bridgehead atoms. The van der Waals surface area contributed by atoms with Gasteiger partial charge in [0.05, 0.1) is 79.3 Å². The molecule has 4 heterocycles. The molecule has 2 unspecified atom stereocenters. The highest BCUT2D eigenvalue weighted by molar-refractivity contribution is 5.31. The Hall–Kier alpha value is -3.60. The van der Waals surface area contributed by atoms with Gasteiger partial charge >= 0.3 is 0 Å². The van der Waals surface area contributed by atoms with Crippen molar-refractivity contribution in [2.24, 2.45) is 35.5 Å². The van der Waals surface area contributed by atoms with Crippen molar-refractivity contribution in [3.63, 3.8) is 0 Å². The fraction of sp³-hybridized carbons (Fsp3) is 0.600. The van der Waals surface area contributed by atoms with Crippen molar-refractivity contribution in [1.29, 1.82) is 0 Å². The first-order chi connectivity index (χ1) is 35.8. The highest BCUT2D eigenvalue weighted by Gasteiger charge is 2.54. The Morgan fingerprint density at radius 2 is 0.528 bits per heavy atom. The number of hydrogen-bond donors (Lipinski definition) is 0. The lowest BCUT2D eigenvalue weighted by atomic mass is 9.50. The van der Waals surface area contributed by atoms with Crippen molar-refractivity contribution >= 4 is 0 Å². The van der Waals surface area contributed by atoms with Crippen LogP contribution in [0.3, 0.4) is 0 Å². The van der Waals surface area contributed by atoms with Crippen molar-refractivity contribution in [1.82, 2.24) is 0 Å². The van der Waals surface area contributed by atoms with Gasteiger partial charge in [-0.1, -0.05) is 97.1 Å². The highest BCUT2D eigenvalue weighted by atomic mass is 16.7. The second kappa shape index (κ2) is 27.3. The molecule has 11 rings (SSSR count). The summed E-state index contributed by atoms with van der Waals surface area (Å²) in [5, 5.41) is 0. The third-order valence-electron chi connectivity index (χ3n) is 16.0. The maximum Gasteiger partial charge on any atom is 0.184 e. The number of hydrogen-bond acceptors (Lipinski definition) is 12. The first kappa shape index (κ1) is 51.9. The standard InChI is InChI=1S/C60H78O12/c1-5-21-47(57-65-31-32-66-57)43(13-1)17-9-27-61-39-53-51-25-26-52(54(53)40-62-28-10-18-44-14-2-6-22-48(44)58-67-33-34-68-58)56(42-64-30-12-20-46-16-4-8-24-50(46)60-71-37-38-72-60)55(51)41-63-29-11-19-45-15-3-7-23-49(45)59-69-35-36-70-59/h1-8,13-16,21-24,51-60H,9-12,17-20,25-42H2/t51?,52?,53-,54+,55+,56-. The molecule has 0 radical (unpaired) electrons. The fourth-order valence-corrected chi connectivity index (χ4v) is 12.6. The van der Waals surface area contributed by atoms with Crippen molar-refractivity contribution < 1.29 is 56.8 Å². The van der Waals surface area contributed by atoms with E-state index >= 15 is 0 Å². The SMILES string of the molecule is c1ccc(C2OCCO2)c(CCCOC[C@@H]2C3CCC([C@@H](COCCCc4ccccc4C4OCCO4)[C@H]3COCCCc3ccccc3C3OCCO3)[C@@H]2COCCCc2ccccc2C2OCCO2)c1.